The molecule has 8 heteroatoms. The topological polar surface area (TPSA) is 67.0 Å². The summed E-state index contributed by atoms with van der Waals surface area (Å²) in [5, 5.41) is 0. The van der Waals surface area contributed by atoms with Crippen LogP contribution in [-0.2, 0) is 16.0 Å². The molecule has 0 bridgehead atoms. The van der Waals surface area contributed by atoms with Crippen LogP contribution in [0.15, 0.2) is 21.8 Å². The van der Waals surface area contributed by atoms with Gasteiger partial charge in [0.2, 0.25) is 0 Å². The van der Waals surface area contributed by atoms with E-state index < -0.39 is 32.2 Å². The Morgan fingerprint density at radius 1 is 1.27 bits per heavy atom. The smallest absolute Gasteiger partial charge is 0.317 e. The molecule has 0 spiro atoms. The number of aromatic amines is 1. The SMILES string of the molecule is CS(=O)(=O)c1ccc(C(F)(F)F)[nH]c1=O. The number of hydrogen-bond acceptors (Lipinski definition) is 3. The lowest BCUT2D eigenvalue weighted by atomic mass is 10.3. The lowest BCUT2D eigenvalue weighted by molar-refractivity contribution is -0.141. The highest BCUT2D eigenvalue weighted by molar-refractivity contribution is 7.90. The first-order valence-electron chi connectivity index (χ1n) is 3.63. The largest absolute Gasteiger partial charge is 0.431 e. The maximum Gasteiger partial charge on any atom is 0.431 e. The van der Waals surface area contributed by atoms with E-state index in [-0.39, 0.29) is 0 Å². The molecule has 0 saturated carbocycles. The van der Waals surface area contributed by atoms with E-state index in [1.165, 1.54) is 4.98 Å². The fraction of sp³-hybridized carbons (Fsp3) is 0.286. The highest BCUT2D eigenvalue weighted by atomic mass is 32.2. The molecule has 0 aliphatic heterocycles. The van der Waals surface area contributed by atoms with Gasteiger partial charge in [-0.2, -0.15) is 13.2 Å². The Balaban J connectivity index is 3.41. The van der Waals surface area contributed by atoms with E-state index in [1.54, 1.807) is 0 Å². The molecule has 0 aliphatic rings. The first-order valence-corrected chi connectivity index (χ1v) is 5.52. The Morgan fingerprint density at radius 2 is 1.80 bits per heavy atom. The normalized spacial score (nSPS) is 12.8. The van der Waals surface area contributed by atoms with Crippen molar-refractivity contribution in [2.24, 2.45) is 0 Å². The molecule has 1 aromatic heterocycles. The Bertz CT molecular complexity index is 529. The number of halogens is 3. The Kier molecular flexibility index (Phi) is 2.64. The second-order valence-electron chi connectivity index (χ2n) is 2.84. The molecule has 1 aromatic rings. The summed E-state index contributed by atoms with van der Waals surface area (Å²) in [7, 11) is -3.81. The average Bonchev–Trinajstić information content (AvgIpc) is 1.99. The van der Waals surface area contributed by atoms with Crippen LogP contribution in [0, 0.1) is 0 Å². The summed E-state index contributed by atoms with van der Waals surface area (Å²) in [5.74, 6) is 0. The van der Waals surface area contributed by atoms with Crippen molar-refractivity contribution in [1.29, 1.82) is 0 Å². The summed E-state index contributed by atoms with van der Waals surface area (Å²) in [6.45, 7) is 0. The van der Waals surface area contributed by atoms with Gasteiger partial charge < -0.3 is 4.98 Å². The second kappa shape index (κ2) is 3.37. The summed E-state index contributed by atoms with van der Waals surface area (Å²) >= 11 is 0. The van der Waals surface area contributed by atoms with E-state index >= 15 is 0 Å². The summed E-state index contributed by atoms with van der Waals surface area (Å²) < 4.78 is 58.1. The van der Waals surface area contributed by atoms with Crippen LogP contribution in [0.25, 0.3) is 0 Å². The van der Waals surface area contributed by atoms with E-state index in [0.717, 1.165) is 6.26 Å². The maximum atomic E-state index is 12.1. The number of pyridine rings is 1. The van der Waals surface area contributed by atoms with Crippen LogP contribution in [0.4, 0.5) is 13.2 Å². The first-order chi connectivity index (χ1) is 6.62. The van der Waals surface area contributed by atoms with Crippen molar-refractivity contribution in [2.75, 3.05) is 6.26 Å². The quantitative estimate of drug-likeness (QED) is 0.790. The molecule has 1 N–H and O–H groups in total. The van der Waals surface area contributed by atoms with Crippen molar-refractivity contribution in [3.05, 3.63) is 28.2 Å². The van der Waals surface area contributed by atoms with Crippen LogP contribution in [0.1, 0.15) is 5.69 Å². The molecule has 0 aromatic carbocycles. The minimum atomic E-state index is -4.70. The van der Waals surface area contributed by atoms with E-state index in [1.807, 2.05) is 0 Å². The minimum Gasteiger partial charge on any atom is -0.317 e. The predicted octanol–water partition coefficient (Wildman–Crippen LogP) is 0.797. The molecule has 0 atom stereocenters. The van der Waals surface area contributed by atoms with Crippen molar-refractivity contribution < 1.29 is 21.6 Å². The molecule has 0 amide bonds. The van der Waals surface area contributed by atoms with Gasteiger partial charge in [-0.1, -0.05) is 0 Å². The summed E-state index contributed by atoms with van der Waals surface area (Å²) in [6, 6.07) is 1.15. The molecular formula is C7H6F3NO3S. The van der Waals surface area contributed by atoms with E-state index in [0.29, 0.717) is 12.1 Å². The van der Waals surface area contributed by atoms with Crippen LogP contribution in [0.5, 0.6) is 0 Å². The zero-order valence-electron chi connectivity index (χ0n) is 7.42. The van der Waals surface area contributed by atoms with Crippen LogP contribution >= 0.6 is 0 Å². The fourth-order valence-corrected chi connectivity index (χ4v) is 1.62. The van der Waals surface area contributed by atoms with Crippen molar-refractivity contribution in [3.8, 4) is 0 Å². The van der Waals surface area contributed by atoms with E-state index in [4.69, 9.17) is 0 Å². The monoisotopic (exact) mass is 241 g/mol. The van der Waals surface area contributed by atoms with Gasteiger partial charge in [-0.05, 0) is 12.1 Å². The van der Waals surface area contributed by atoms with Gasteiger partial charge in [-0.3, -0.25) is 4.79 Å². The van der Waals surface area contributed by atoms with Gasteiger partial charge in [0.05, 0.1) is 0 Å². The summed E-state index contributed by atoms with van der Waals surface area (Å²) in [6.07, 6.45) is -3.96. The Labute approximate surface area is 82.7 Å². The van der Waals surface area contributed by atoms with Gasteiger partial charge in [0, 0.05) is 6.26 Å². The number of alkyl halides is 3. The van der Waals surface area contributed by atoms with Crippen molar-refractivity contribution in [3.63, 3.8) is 0 Å². The highest BCUT2D eigenvalue weighted by Crippen LogP contribution is 2.26. The molecule has 0 fully saturated rings. The van der Waals surface area contributed by atoms with Crippen molar-refractivity contribution in [1.82, 2.24) is 4.98 Å². The first kappa shape index (κ1) is 11.8. The molecule has 84 valence electrons. The molecule has 0 unspecified atom stereocenters. The zero-order chi connectivity index (χ0) is 11.9. The molecule has 0 radical (unpaired) electrons. The number of rotatable bonds is 1. The van der Waals surface area contributed by atoms with Gasteiger partial charge in [0.25, 0.3) is 5.56 Å². The average molecular weight is 241 g/mol. The lowest BCUT2D eigenvalue weighted by Crippen LogP contribution is -2.21. The van der Waals surface area contributed by atoms with Crippen LogP contribution in [0.2, 0.25) is 0 Å². The number of sulfone groups is 1. The summed E-state index contributed by atoms with van der Waals surface area (Å²) in [5.41, 5.74) is -2.55. The van der Waals surface area contributed by atoms with Gasteiger partial charge in [0.15, 0.2) is 9.84 Å². The number of aromatic nitrogens is 1. The predicted molar refractivity (Wildman–Crippen MR) is 45.2 cm³/mol. The van der Waals surface area contributed by atoms with Crippen LogP contribution < -0.4 is 5.56 Å². The second-order valence-corrected chi connectivity index (χ2v) is 4.82. The third-order valence-electron chi connectivity index (χ3n) is 1.58. The van der Waals surface area contributed by atoms with Gasteiger partial charge in [0.1, 0.15) is 10.6 Å². The molecule has 0 saturated heterocycles. The summed E-state index contributed by atoms with van der Waals surface area (Å²) in [4.78, 5) is 11.8. The van der Waals surface area contributed by atoms with Crippen LogP contribution in [0.3, 0.4) is 0 Å². The van der Waals surface area contributed by atoms with Gasteiger partial charge in [-0.15, -0.1) is 0 Å². The standard InChI is InChI=1S/C7H6F3NO3S/c1-15(13,14)4-2-3-5(7(8,9)10)11-6(4)12/h2-3H,1H3,(H,11,12). The Morgan fingerprint density at radius 3 is 2.13 bits per heavy atom. The molecule has 15 heavy (non-hydrogen) atoms. The maximum absolute atomic E-state index is 12.1. The molecule has 4 nitrogen and oxygen atoms in total. The van der Waals surface area contributed by atoms with E-state index in [9.17, 15) is 26.4 Å². The number of hydrogen-bond donors (Lipinski definition) is 1. The number of H-pyrrole nitrogens is 1. The molecular weight excluding hydrogens is 235 g/mol. The molecule has 1 heterocycles. The lowest BCUT2D eigenvalue weighted by Gasteiger charge is -2.06. The highest BCUT2D eigenvalue weighted by Gasteiger charge is 2.32. The van der Waals surface area contributed by atoms with Crippen molar-refractivity contribution in [2.45, 2.75) is 11.1 Å². The van der Waals surface area contributed by atoms with Gasteiger partial charge >= 0.3 is 6.18 Å². The zero-order valence-corrected chi connectivity index (χ0v) is 8.24. The molecule has 0 aliphatic carbocycles. The van der Waals surface area contributed by atoms with Crippen LogP contribution in [-0.4, -0.2) is 19.7 Å². The molecule has 1 rings (SSSR count). The van der Waals surface area contributed by atoms with Gasteiger partial charge in [-0.25, -0.2) is 8.42 Å². The third-order valence-corrected chi connectivity index (χ3v) is 2.70. The third kappa shape index (κ3) is 2.58. The number of nitrogens with one attached hydrogen (secondary N) is 1. The Hall–Kier alpha value is -1.31. The van der Waals surface area contributed by atoms with Crippen molar-refractivity contribution >= 4 is 9.84 Å². The fourth-order valence-electron chi connectivity index (χ4n) is 0.918. The minimum absolute atomic E-state index is 0.512. The van der Waals surface area contributed by atoms with E-state index in [2.05, 4.69) is 0 Å².